The maximum absolute atomic E-state index is 4.70. The second-order valence-electron chi connectivity index (χ2n) is 4.85. The van der Waals surface area contributed by atoms with Gasteiger partial charge < -0.3 is 0 Å². The molecular weight excluding hydrogens is 338 g/mol. The van der Waals surface area contributed by atoms with Gasteiger partial charge >= 0.3 is 0 Å². The van der Waals surface area contributed by atoms with E-state index in [-0.39, 0.29) is 0 Å². The summed E-state index contributed by atoms with van der Waals surface area (Å²) in [5, 5.41) is 0. The Balaban J connectivity index is 2.90. The van der Waals surface area contributed by atoms with E-state index in [9.17, 15) is 0 Å². The first-order valence-corrected chi connectivity index (χ1v) is 8.26. The van der Waals surface area contributed by atoms with E-state index < -0.39 is 0 Å². The van der Waals surface area contributed by atoms with Gasteiger partial charge in [-0.25, -0.2) is 0 Å². The molecule has 2 aromatic rings. The average Bonchev–Trinajstić information content (AvgIpc) is 2.37. The van der Waals surface area contributed by atoms with E-state index in [1.54, 1.807) is 0 Å². The van der Waals surface area contributed by atoms with E-state index in [0.717, 1.165) is 41.1 Å². The molecule has 102 valence electrons. The summed E-state index contributed by atoms with van der Waals surface area (Å²) in [6.07, 6.45) is 0. The van der Waals surface area contributed by atoms with Gasteiger partial charge in [0.05, 0.1) is 0 Å². The fourth-order valence-electron chi connectivity index (χ4n) is 2.26. The summed E-state index contributed by atoms with van der Waals surface area (Å²) in [5.74, 6) is 0. The molecule has 0 nitrogen and oxygen atoms in total. The summed E-state index contributed by atoms with van der Waals surface area (Å²) in [4.78, 5) is 4.11. The summed E-state index contributed by atoms with van der Waals surface area (Å²) >= 11 is 22.8. The molecule has 0 radical (unpaired) electrons. The number of hydrogen-bond donors (Lipinski definition) is 5. The van der Waals surface area contributed by atoms with Crippen LogP contribution in [-0.2, 0) is 0 Å². The van der Waals surface area contributed by atoms with Crippen LogP contribution >= 0.6 is 63.1 Å². The average molecular weight is 352 g/mol. The first-order chi connectivity index (χ1) is 9.25. The van der Waals surface area contributed by atoms with Crippen LogP contribution in [0.4, 0.5) is 0 Å². The SMILES string of the molecule is Bc1cc(C)c(B)c(S)c1-c1c(S)cc(S)c(S)c1S. The van der Waals surface area contributed by atoms with Crippen LogP contribution in [0.5, 0.6) is 0 Å². The van der Waals surface area contributed by atoms with Gasteiger partial charge in [-0.3, -0.25) is 0 Å². The molecule has 0 saturated heterocycles. The summed E-state index contributed by atoms with van der Waals surface area (Å²) in [6, 6.07) is 4.06. The molecule has 0 aliphatic heterocycles. The molecule has 0 unspecified atom stereocenters. The summed E-state index contributed by atoms with van der Waals surface area (Å²) in [6.45, 7) is 2.09. The molecule has 0 heterocycles. The lowest BCUT2D eigenvalue weighted by Crippen LogP contribution is -2.20. The van der Waals surface area contributed by atoms with Crippen molar-refractivity contribution in [3.05, 3.63) is 17.7 Å². The van der Waals surface area contributed by atoms with Crippen molar-refractivity contribution >= 4 is 89.8 Å². The van der Waals surface area contributed by atoms with Crippen molar-refractivity contribution in [1.82, 2.24) is 0 Å². The molecule has 0 aliphatic rings. The normalized spacial score (nSPS) is 10.9. The van der Waals surface area contributed by atoms with Gasteiger partial charge in [-0.1, -0.05) is 22.6 Å². The van der Waals surface area contributed by atoms with Crippen LogP contribution in [0.25, 0.3) is 11.1 Å². The van der Waals surface area contributed by atoms with E-state index >= 15 is 0 Å². The third-order valence-electron chi connectivity index (χ3n) is 3.49. The highest BCUT2D eigenvalue weighted by Crippen LogP contribution is 2.40. The molecule has 0 fully saturated rings. The van der Waals surface area contributed by atoms with Gasteiger partial charge in [0, 0.05) is 30.0 Å². The van der Waals surface area contributed by atoms with Gasteiger partial charge in [-0.05, 0) is 18.6 Å². The maximum Gasteiger partial charge on any atom is 0.141 e. The van der Waals surface area contributed by atoms with Crippen LogP contribution < -0.4 is 10.9 Å². The summed E-state index contributed by atoms with van der Waals surface area (Å²) < 4.78 is 0. The Morgan fingerprint density at radius 1 is 0.750 bits per heavy atom. The molecule has 0 atom stereocenters. The van der Waals surface area contributed by atoms with Crippen LogP contribution in [0.2, 0.25) is 0 Å². The molecule has 2 aromatic carbocycles. The third kappa shape index (κ3) is 2.80. The van der Waals surface area contributed by atoms with Crippen LogP contribution in [-0.4, -0.2) is 15.7 Å². The second-order valence-corrected chi connectivity index (χ2v) is 7.15. The molecule has 0 bridgehead atoms. The topological polar surface area (TPSA) is 0 Å². The molecule has 20 heavy (non-hydrogen) atoms. The number of rotatable bonds is 1. The monoisotopic (exact) mass is 352 g/mol. The number of thiol groups is 5. The van der Waals surface area contributed by atoms with Gasteiger partial charge in [0.25, 0.3) is 0 Å². The highest BCUT2D eigenvalue weighted by Gasteiger charge is 2.18. The zero-order chi connectivity index (χ0) is 15.2. The standard InChI is InChI=1S/C13H14B2S5/c1-4-2-5(14)8(12(19)10(4)15)9-6(16)3-7(17)11(18)13(9)20/h2-3,16-20H,14-15H2,1H3. The molecule has 0 aliphatic carbocycles. The van der Waals surface area contributed by atoms with Crippen molar-refractivity contribution in [2.45, 2.75) is 31.4 Å². The van der Waals surface area contributed by atoms with Crippen molar-refractivity contribution in [2.24, 2.45) is 0 Å². The summed E-state index contributed by atoms with van der Waals surface area (Å²) in [7, 11) is 4.15. The lowest BCUT2D eigenvalue weighted by molar-refractivity contribution is 1.09. The van der Waals surface area contributed by atoms with Gasteiger partial charge in [0.2, 0.25) is 0 Å². The fourth-order valence-corrected chi connectivity index (χ4v) is 4.12. The van der Waals surface area contributed by atoms with E-state index in [1.807, 2.05) is 6.07 Å². The fraction of sp³-hybridized carbons (Fsp3) is 0.0769. The first-order valence-electron chi connectivity index (χ1n) is 6.02. The van der Waals surface area contributed by atoms with Gasteiger partial charge in [-0.15, -0.1) is 63.1 Å². The Bertz CT molecular complexity index is 651. The third-order valence-corrected chi connectivity index (χ3v) is 6.02. The molecular formula is C13H14B2S5. The molecule has 0 aromatic heterocycles. The van der Waals surface area contributed by atoms with Crippen molar-refractivity contribution < 1.29 is 0 Å². The van der Waals surface area contributed by atoms with E-state index in [0.29, 0.717) is 0 Å². The predicted octanol–water partition coefficient (Wildman–Crippen LogP) is 1.62. The van der Waals surface area contributed by atoms with E-state index in [4.69, 9.17) is 12.6 Å². The highest BCUT2D eigenvalue weighted by atomic mass is 32.1. The van der Waals surface area contributed by atoms with E-state index in [2.05, 4.69) is 79.2 Å². The zero-order valence-electron chi connectivity index (χ0n) is 11.4. The quantitative estimate of drug-likeness (QED) is 0.374. The molecule has 7 heteroatoms. The number of benzene rings is 2. The Labute approximate surface area is 149 Å². The molecule has 0 amide bonds. The highest BCUT2D eigenvalue weighted by molar-refractivity contribution is 7.85. The van der Waals surface area contributed by atoms with Crippen molar-refractivity contribution in [3.8, 4) is 11.1 Å². The molecule has 0 N–H and O–H groups in total. The Hall–Kier alpha value is 0.320. The van der Waals surface area contributed by atoms with Crippen molar-refractivity contribution in [1.29, 1.82) is 0 Å². The Kier molecular flexibility index (Phi) is 5.18. The van der Waals surface area contributed by atoms with Crippen molar-refractivity contribution in [3.63, 3.8) is 0 Å². The lowest BCUT2D eigenvalue weighted by Gasteiger charge is -2.19. The van der Waals surface area contributed by atoms with Crippen LogP contribution in [0, 0.1) is 6.92 Å². The Morgan fingerprint density at radius 3 is 1.95 bits per heavy atom. The summed E-state index contributed by atoms with van der Waals surface area (Å²) in [5.41, 5.74) is 5.59. The maximum atomic E-state index is 4.70. The van der Waals surface area contributed by atoms with Crippen LogP contribution in [0.3, 0.4) is 0 Å². The lowest BCUT2D eigenvalue weighted by atomic mass is 9.79. The number of hydrogen-bond acceptors (Lipinski definition) is 5. The molecule has 0 saturated carbocycles. The predicted molar refractivity (Wildman–Crippen MR) is 109 cm³/mol. The van der Waals surface area contributed by atoms with Gasteiger partial charge in [0.1, 0.15) is 15.7 Å². The largest absolute Gasteiger partial charge is 0.143 e. The van der Waals surface area contributed by atoms with Gasteiger partial charge in [0.15, 0.2) is 0 Å². The minimum absolute atomic E-state index is 0.759. The first kappa shape index (κ1) is 16.7. The smallest absolute Gasteiger partial charge is 0.141 e. The Morgan fingerprint density at radius 2 is 1.35 bits per heavy atom. The van der Waals surface area contributed by atoms with Crippen molar-refractivity contribution in [2.75, 3.05) is 0 Å². The second kappa shape index (κ2) is 6.21. The minimum atomic E-state index is 0.759. The van der Waals surface area contributed by atoms with Gasteiger partial charge in [-0.2, -0.15) is 0 Å². The minimum Gasteiger partial charge on any atom is -0.143 e. The number of aryl methyl sites for hydroxylation is 1. The van der Waals surface area contributed by atoms with Crippen LogP contribution in [0.1, 0.15) is 5.56 Å². The van der Waals surface area contributed by atoms with E-state index in [1.165, 1.54) is 11.0 Å². The molecule has 2 rings (SSSR count). The zero-order valence-corrected chi connectivity index (χ0v) is 15.9. The van der Waals surface area contributed by atoms with Crippen LogP contribution in [0.15, 0.2) is 36.6 Å². The molecule has 0 spiro atoms.